The molecule has 168 valence electrons. The highest BCUT2D eigenvalue weighted by molar-refractivity contribution is 6.04. The fourth-order valence-corrected chi connectivity index (χ4v) is 2.97. The van der Waals surface area contributed by atoms with Gasteiger partial charge >= 0.3 is 5.97 Å². The molecule has 2 atom stereocenters. The molecule has 0 aromatic heterocycles. The first-order valence-corrected chi connectivity index (χ1v) is 10.2. The van der Waals surface area contributed by atoms with Crippen molar-refractivity contribution in [3.63, 3.8) is 0 Å². The number of hydrogen-bond donors (Lipinski definition) is 2. The minimum atomic E-state index is -0.648. The normalized spacial score (nSPS) is 14.7. The van der Waals surface area contributed by atoms with Crippen LogP contribution < -0.4 is 0 Å². The zero-order valence-electron chi connectivity index (χ0n) is 19.3. The van der Waals surface area contributed by atoms with Crippen molar-refractivity contribution in [1.82, 2.24) is 0 Å². The van der Waals surface area contributed by atoms with Gasteiger partial charge in [-0.25, -0.2) is 4.79 Å². The van der Waals surface area contributed by atoms with Crippen LogP contribution >= 0.6 is 0 Å². The molecule has 0 amide bonds. The number of carbonyl (C=O) groups is 1. The standard InChI is InChI=1S/C25H33NO5/c1-24(2,3)20(27)16-8-12-18(13-9-16)22(26-30-7)31-23(29)19-14-10-17(11-15-19)21(28)25(4,5)6/h8-15,20-21,27-28H,1-7H3/b26-22+/t20-,21-/m0/s1. The molecule has 0 aliphatic carbocycles. The van der Waals surface area contributed by atoms with Gasteiger partial charge in [-0.1, -0.05) is 65.8 Å². The molecule has 2 rings (SSSR count). The Kier molecular flexibility index (Phi) is 7.63. The zero-order chi connectivity index (χ0) is 23.4. The summed E-state index contributed by atoms with van der Waals surface area (Å²) in [4.78, 5) is 17.5. The molecule has 31 heavy (non-hydrogen) atoms. The summed E-state index contributed by atoms with van der Waals surface area (Å²) in [5, 5.41) is 24.7. The number of hydrogen-bond acceptors (Lipinski definition) is 6. The first-order valence-electron chi connectivity index (χ1n) is 10.2. The van der Waals surface area contributed by atoms with Crippen LogP contribution in [0, 0.1) is 10.8 Å². The number of rotatable bonds is 5. The Hall–Kier alpha value is -2.70. The highest BCUT2D eigenvalue weighted by Gasteiger charge is 2.25. The van der Waals surface area contributed by atoms with E-state index in [1.54, 1.807) is 48.5 Å². The second-order valence-electron chi connectivity index (χ2n) is 9.75. The topological polar surface area (TPSA) is 88.4 Å². The molecule has 0 radical (unpaired) electrons. The molecule has 2 N–H and O–H groups in total. The average molecular weight is 428 g/mol. The number of oxime groups is 1. The molecule has 2 aromatic rings. The van der Waals surface area contributed by atoms with Crippen LogP contribution in [0.25, 0.3) is 0 Å². The van der Waals surface area contributed by atoms with Crippen molar-refractivity contribution in [3.8, 4) is 0 Å². The van der Waals surface area contributed by atoms with Gasteiger partial charge in [0.05, 0.1) is 17.8 Å². The van der Waals surface area contributed by atoms with E-state index >= 15 is 0 Å². The van der Waals surface area contributed by atoms with Crippen molar-refractivity contribution in [1.29, 1.82) is 0 Å². The molecule has 0 spiro atoms. The second-order valence-corrected chi connectivity index (χ2v) is 9.75. The fraction of sp³-hybridized carbons (Fsp3) is 0.440. The van der Waals surface area contributed by atoms with Crippen molar-refractivity contribution in [2.45, 2.75) is 53.8 Å². The van der Waals surface area contributed by atoms with E-state index in [-0.39, 0.29) is 16.7 Å². The minimum Gasteiger partial charge on any atom is -0.400 e. The number of aliphatic hydroxyl groups is 2. The Morgan fingerprint density at radius 1 is 0.774 bits per heavy atom. The summed E-state index contributed by atoms with van der Waals surface area (Å²) < 4.78 is 5.46. The Balaban J connectivity index is 2.18. The van der Waals surface area contributed by atoms with Gasteiger partial charge < -0.3 is 19.8 Å². The Bertz CT molecular complexity index is 903. The molecule has 0 unspecified atom stereocenters. The van der Waals surface area contributed by atoms with Crippen LogP contribution in [0.4, 0.5) is 0 Å². The number of nitrogens with zero attached hydrogens (tertiary/aromatic N) is 1. The first-order chi connectivity index (χ1) is 14.3. The number of aliphatic hydroxyl groups excluding tert-OH is 2. The molecule has 0 saturated carbocycles. The van der Waals surface area contributed by atoms with E-state index in [1.165, 1.54) is 7.11 Å². The second kappa shape index (κ2) is 9.62. The van der Waals surface area contributed by atoms with E-state index in [4.69, 9.17) is 9.57 Å². The van der Waals surface area contributed by atoms with Gasteiger partial charge in [-0.3, -0.25) is 0 Å². The molecule has 6 nitrogen and oxygen atoms in total. The molecular weight excluding hydrogens is 394 g/mol. The third kappa shape index (κ3) is 6.39. The van der Waals surface area contributed by atoms with Crippen LogP contribution in [0.1, 0.15) is 80.8 Å². The van der Waals surface area contributed by atoms with Gasteiger partial charge in [0.1, 0.15) is 7.11 Å². The molecule has 0 fully saturated rings. The van der Waals surface area contributed by atoms with Crippen LogP contribution in [0.5, 0.6) is 0 Å². The maximum Gasteiger partial charge on any atom is 0.344 e. The van der Waals surface area contributed by atoms with Crippen molar-refractivity contribution in [2.24, 2.45) is 16.0 Å². The lowest BCUT2D eigenvalue weighted by Crippen LogP contribution is -2.19. The molecular formula is C25H33NO5. The monoisotopic (exact) mass is 427 g/mol. The van der Waals surface area contributed by atoms with Crippen molar-refractivity contribution in [2.75, 3.05) is 7.11 Å². The molecule has 0 aliphatic rings. The number of carbonyl (C=O) groups excluding carboxylic acids is 1. The Morgan fingerprint density at radius 3 is 1.52 bits per heavy atom. The zero-order valence-corrected chi connectivity index (χ0v) is 19.3. The summed E-state index contributed by atoms with van der Waals surface area (Å²) in [5.41, 5.74) is 1.74. The van der Waals surface area contributed by atoms with E-state index in [9.17, 15) is 15.0 Å². The molecule has 2 aromatic carbocycles. The van der Waals surface area contributed by atoms with E-state index in [0.717, 1.165) is 11.1 Å². The van der Waals surface area contributed by atoms with E-state index in [2.05, 4.69) is 5.16 Å². The summed E-state index contributed by atoms with van der Waals surface area (Å²) in [6, 6.07) is 13.6. The molecule has 0 saturated heterocycles. The predicted molar refractivity (Wildman–Crippen MR) is 121 cm³/mol. The maximum absolute atomic E-state index is 12.6. The maximum atomic E-state index is 12.6. The summed E-state index contributed by atoms with van der Waals surface area (Å²) in [6.07, 6.45) is -1.28. The van der Waals surface area contributed by atoms with Crippen LogP contribution in [-0.2, 0) is 9.57 Å². The highest BCUT2D eigenvalue weighted by atomic mass is 16.6. The third-order valence-electron chi connectivity index (χ3n) is 4.94. The molecule has 0 bridgehead atoms. The van der Waals surface area contributed by atoms with Gasteiger partial charge in [0.2, 0.25) is 0 Å². The molecule has 0 heterocycles. The summed E-state index contributed by atoms with van der Waals surface area (Å²) in [7, 11) is 1.37. The summed E-state index contributed by atoms with van der Waals surface area (Å²) in [5.74, 6) is -0.575. The van der Waals surface area contributed by atoms with Crippen LogP contribution in [0.2, 0.25) is 0 Å². The van der Waals surface area contributed by atoms with Crippen LogP contribution in [0.15, 0.2) is 53.7 Å². The predicted octanol–water partition coefficient (Wildman–Crippen LogP) is 5.01. The van der Waals surface area contributed by atoms with Gasteiger partial charge in [0.15, 0.2) is 0 Å². The molecule has 6 heteroatoms. The molecule has 0 aliphatic heterocycles. The smallest absolute Gasteiger partial charge is 0.344 e. The van der Waals surface area contributed by atoms with E-state index < -0.39 is 18.2 Å². The van der Waals surface area contributed by atoms with Gasteiger partial charge in [-0.15, -0.1) is 0 Å². The Morgan fingerprint density at radius 2 is 1.16 bits per heavy atom. The van der Waals surface area contributed by atoms with Crippen molar-refractivity contribution < 1.29 is 24.6 Å². The van der Waals surface area contributed by atoms with Crippen LogP contribution in [-0.4, -0.2) is 29.2 Å². The minimum absolute atomic E-state index is 0.0168. The van der Waals surface area contributed by atoms with Gasteiger partial charge in [0.25, 0.3) is 5.90 Å². The average Bonchev–Trinajstić information content (AvgIpc) is 2.71. The van der Waals surface area contributed by atoms with E-state index in [1.807, 2.05) is 41.5 Å². The van der Waals surface area contributed by atoms with Crippen LogP contribution in [0.3, 0.4) is 0 Å². The lowest BCUT2D eigenvalue weighted by atomic mass is 9.84. The Labute approximate surface area is 184 Å². The summed E-state index contributed by atoms with van der Waals surface area (Å²) in [6.45, 7) is 11.7. The van der Waals surface area contributed by atoms with Gasteiger partial charge in [0, 0.05) is 5.56 Å². The lowest BCUT2D eigenvalue weighted by molar-refractivity contribution is 0.0624. The van der Waals surface area contributed by atoms with Crippen molar-refractivity contribution >= 4 is 11.9 Å². The van der Waals surface area contributed by atoms with Gasteiger partial charge in [-0.2, -0.15) is 0 Å². The highest BCUT2D eigenvalue weighted by Crippen LogP contribution is 2.33. The van der Waals surface area contributed by atoms with E-state index in [0.29, 0.717) is 11.1 Å². The van der Waals surface area contributed by atoms with Crippen molar-refractivity contribution in [3.05, 3.63) is 70.8 Å². The lowest BCUT2D eigenvalue weighted by Gasteiger charge is -2.26. The van der Waals surface area contributed by atoms with Gasteiger partial charge in [-0.05, 0) is 51.4 Å². The third-order valence-corrected chi connectivity index (χ3v) is 4.94. The number of benzene rings is 2. The first kappa shape index (κ1) is 24.6. The number of esters is 1. The quantitative estimate of drug-likeness (QED) is 0.303. The fourth-order valence-electron chi connectivity index (χ4n) is 2.97. The summed E-state index contributed by atoms with van der Waals surface area (Å²) >= 11 is 0. The number of ether oxygens (including phenoxy) is 1. The largest absolute Gasteiger partial charge is 0.400 e. The SMILES string of the molecule is CO/N=C(/OC(=O)c1ccc([C@H](O)C(C)(C)C)cc1)c1ccc([C@H](O)C(C)(C)C)cc1.